The first-order valence-corrected chi connectivity index (χ1v) is 8.58. The molecule has 0 unspecified atom stereocenters. The Morgan fingerprint density at radius 3 is 2.81 bits per heavy atom. The maximum Gasteiger partial charge on any atom is 0.251 e. The van der Waals surface area contributed by atoms with E-state index in [0.29, 0.717) is 29.3 Å². The number of amides is 1. The highest BCUT2D eigenvalue weighted by Crippen LogP contribution is 2.34. The predicted molar refractivity (Wildman–Crippen MR) is 99.2 cm³/mol. The Morgan fingerprint density at radius 1 is 1.22 bits per heavy atom. The molecule has 0 saturated heterocycles. The molecule has 4 rings (SSSR count). The van der Waals surface area contributed by atoms with Gasteiger partial charge < -0.3 is 10.6 Å². The van der Waals surface area contributed by atoms with Crippen molar-refractivity contribution in [1.29, 1.82) is 0 Å². The Hall–Kier alpha value is -3.48. The lowest BCUT2D eigenvalue weighted by molar-refractivity contribution is -0.118. The van der Waals surface area contributed by atoms with Crippen LogP contribution in [0, 0.1) is 5.82 Å². The van der Waals surface area contributed by atoms with E-state index in [-0.39, 0.29) is 11.7 Å². The molecule has 0 fully saturated rings. The van der Waals surface area contributed by atoms with Gasteiger partial charge >= 0.3 is 0 Å². The van der Waals surface area contributed by atoms with Crippen molar-refractivity contribution < 1.29 is 9.18 Å². The first-order chi connectivity index (χ1) is 13.1. The van der Waals surface area contributed by atoms with Crippen molar-refractivity contribution in [3.63, 3.8) is 0 Å². The molecule has 1 amide bonds. The Morgan fingerprint density at radius 2 is 2.04 bits per heavy atom. The summed E-state index contributed by atoms with van der Waals surface area (Å²) in [5, 5.41) is 10.3. The molecule has 0 spiro atoms. The Kier molecular flexibility index (Phi) is 4.42. The number of hydrogen-bond acceptors (Lipinski definition) is 4. The summed E-state index contributed by atoms with van der Waals surface area (Å²) in [5.41, 5.74) is 2.77. The van der Waals surface area contributed by atoms with Crippen LogP contribution in [0.5, 0.6) is 0 Å². The average molecular weight is 363 g/mol. The summed E-state index contributed by atoms with van der Waals surface area (Å²) in [6, 6.07) is 15.3. The van der Waals surface area contributed by atoms with Crippen LogP contribution in [0.1, 0.15) is 24.1 Å². The molecule has 7 heteroatoms. The minimum Gasteiger partial charge on any atom is -0.348 e. The third kappa shape index (κ3) is 3.31. The van der Waals surface area contributed by atoms with Gasteiger partial charge in [0.15, 0.2) is 0 Å². The van der Waals surface area contributed by atoms with Crippen LogP contribution >= 0.6 is 0 Å². The molecule has 0 saturated carbocycles. The van der Waals surface area contributed by atoms with Gasteiger partial charge in [-0.25, -0.2) is 9.07 Å². The van der Waals surface area contributed by atoms with E-state index in [4.69, 9.17) is 0 Å². The van der Waals surface area contributed by atoms with E-state index >= 15 is 0 Å². The standard InChI is InChI=1S/C20H18FN5O/c1-13-17(19(27)22-11-14-6-3-2-4-7-14)18(15-8-5-9-16(21)10-15)26-20(25-13)23-12-24-26/h2-10,12,18H,11H2,1H3,(H,22,27)(H,23,24,25)/t18-/m0/s1. The molecule has 0 radical (unpaired) electrons. The highest BCUT2D eigenvalue weighted by molar-refractivity contribution is 5.96. The second-order valence-electron chi connectivity index (χ2n) is 6.32. The van der Waals surface area contributed by atoms with Gasteiger partial charge in [0.1, 0.15) is 18.2 Å². The number of carbonyl (C=O) groups is 1. The lowest BCUT2D eigenvalue weighted by Crippen LogP contribution is -2.34. The summed E-state index contributed by atoms with van der Waals surface area (Å²) < 4.78 is 15.4. The van der Waals surface area contributed by atoms with Crippen molar-refractivity contribution in [2.24, 2.45) is 0 Å². The molecule has 2 aromatic carbocycles. The number of fused-ring (bicyclic) bond motifs is 1. The molecule has 0 aliphatic carbocycles. The summed E-state index contributed by atoms with van der Waals surface area (Å²) in [5.74, 6) is -0.0879. The van der Waals surface area contributed by atoms with E-state index in [9.17, 15) is 9.18 Å². The molecule has 0 bridgehead atoms. The van der Waals surface area contributed by atoms with Crippen LogP contribution in [-0.4, -0.2) is 20.7 Å². The topological polar surface area (TPSA) is 71.8 Å². The Labute approximate surface area is 155 Å². The molecule has 2 heterocycles. The van der Waals surface area contributed by atoms with Gasteiger partial charge in [0, 0.05) is 12.2 Å². The number of benzene rings is 2. The molecular formula is C20H18FN5O. The highest BCUT2D eigenvalue weighted by atomic mass is 19.1. The van der Waals surface area contributed by atoms with E-state index in [0.717, 1.165) is 5.56 Å². The normalized spacial score (nSPS) is 15.9. The number of nitrogens with zero attached hydrogens (tertiary/aromatic N) is 3. The molecule has 2 N–H and O–H groups in total. The van der Waals surface area contributed by atoms with Crippen molar-refractivity contribution >= 4 is 11.9 Å². The van der Waals surface area contributed by atoms with Gasteiger partial charge in [-0.15, -0.1) is 0 Å². The zero-order valence-corrected chi connectivity index (χ0v) is 14.7. The zero-order valence-electron chi connectivity index (χ0n) is 14.7. The summed E-state index contributed by atoms with van der Waals surface area (Å²) in [6.07, 6.45) is 1.41. The van der Waals surface area contributed by atoms with Crippen LogP contribution in [-0.2, 0) is 11.3 Å². The summed E-state index contributed by atoms with van der Waals surface area (Å²) in [6.45, 7) is 2.21. The average Bonchev–Trinajstić information content (AvgIpc) is 3.13. The fourth-order valence-corrected chi connectivity index (χ4v) is 3.24. The second-order valence-corrected chi connectivity index (χ2v) is 6.32. The monoisotopic (exact) mass is 363 g/mol. The summed E-state index contributed by atoms with van der Waals surface area (Å²) >= 11 is 0. The van der Waals surface area contributed by atoms with Crippen molar-refractivity contribution in [2.75, 3.05) is 5.32 Å². The van der Waals surface area contributed by atoms with Gasteiger partial charge in [0.25, 0.3) is 5.91 Å². The molecule has 1 atom stereocenters. The number of aromatic nitrogens is 3. The zero-order chi connectivity index (χ0) is 18.8. The summed E-state index contributed by atoms with van der Waals surface area (Å²) in [4.78, 5) is 17.2. The van der Waals surface area contributed by atoms with E-state index in [1.807, 2.05) is 37.3 Å². The number of allylic oxidation sites excluding steroid dienone is 1. The fraction of sp³-hybridized carbons (Fsp3) is 0.150. The SMILES string of the molecule is CC1=C(C(=O)NCc2ccccc2)[C@H](c2cccc(F)c2)n2ncnc2N1. The van der Waals surface area contributed by atoms with E-state index in [2.05, 4.69) is 20.7 Å². The maximum absolute atomic E-state index is 13.8. The Balaban J connectivity index is 1.69. The van der Waals surface area contributed by atoms with Crippen molar-refractivity contribution in [1.82, 2.24) is 20.1 Å². The van der Waals surface area contributed by atoms with E-state index in [1.165, 1.54) is 18.5 Å². The van der Waals surface area contributed by atoms with Gasteiger partial charge in [-0.2, -0.15) is 10.1 Å². The molecule has 1 aliphatic rings. The van der Waals surface area contributed by atoms with Crippen molar-refractivity contribution in [3.8, 4) is 0 Å². The third-order valence-electron chi connectivity index (χ3n) is 4.50. The van der Waals surface area contributed by atoms with Crippen LogP contribution in [0.25, 0.3) is 0 Å². The smallest absolute Gasteiger partial charge is 0.251 e. The number of anilines is 1. The number of carbonyl (C=O) groups excluding carboxylic acids is 1. The van der Waals surface area contributed by atoms with Crippen LogP contribution in [0.4, 0.5) is 10.3 Å². The van der Waals surface area contributed by atoms with Gasteiger partial charge in [0.2, 0.25) is 5.95 Å². The quantitative estimate of drug-likeness (QED) is 0.747. The van der Waals surface area contributed by atoms with Gasteiger partial charge in [0.05, 0.1) is 5.57 Å². The lowest BCUT2D eigenvalue weighted by Gasteiger charge is -2.28. The maximum atomic E-state index is 13.8. The van der Waals surface area contributed by atoms with Crippen LogP contribution in [0.15, 0.2) is 72.2 Å². The minimum absolute atomic E-state index is 0.237. The minimum atomic E-state index is -0.560. The van der Waals surface area contributed by atoms with Gasteiger partial charge in [-0.1, -0.05) is 42.5 Å². The number of nitrogens with one attached hydrogen (secondary N) is 2. The molecule has 27 heavy (non-hydrogen) atoms. The first kappa shape index (κ1) is 17.0. The number of halogens is 1. The first-order valence-electron chi connectivity index (χ1n) is 8.58. The van der Waals surface area contributed by atoms with Crippen molar-refractivity contribution in [3.05, 3.63) is 89.1 Å². The molecule has 136 valence electrons. The second kappa shape index (κ2) is 7.03. The van der Waals surface area contributed by atoms with Crippen LogP contribution in [0.3, 0.4) is 0 Å². The van der Waals surface area contributed by atoms with Crippen LogP contribution < -0.4 is 10.6 Å². The molecule has 1 aliphatic heterocycles. The lowest BCUT2D eigenvalue weighted by atomic mass is 9.95. The van der Waals surface area contributed by atoms with E-state index in [1.54, 1.807) is 16.8 Å². The van der Waals surface area contributed by atoms with Gasteiger partial charge in [-0.3, -0.25) is 4.79 Å². The van der Waals surface area contributed by atoms with Crippen LogP contribution in [0.2, 0.25) is 0 Å². The molecule has 3 aromatic rings. The molecular weight excluding hydrogens is 345 g/mol. The van der Waals surface area contributed by atoms with Crippen molar-refractivity contribution in [2.45, 2.75) is 19.5 Å². The summed E-state index contributed by atoms with van der Waals surface area (Å²) in [7, 11) is 0. The largest absolute Gasteiger partial charge is 0.348 e. The Bertz CT molecular complexity index is 1010. The van der Waals surface area contributed by atoms with E-state index < -0.39 is 6.04 Å². The molecule has 1 aromatic heterocycles. The predicted octanol–water partition coefficient (Wildman–Crippen LogP) is 3.02. The number of hydrogen-bond donors (Lipinski definition) is 2. The molecule has 6 nitrogen and oxygen atoms in total. The number of rotatable bonds is 4. The van der Waals surface area contributed by atoms with Gasteiger partial charge in [-0.05, 0) is 30.2 Å². The fourth-order valence-electron chi connectivity index (χ4n) is 3.24. The highest BCUT2D eigenvalue weighted by Gasteiger charge is 2.33. The third-order valence-corrected chi connectivity index (χ3v) is 4.50.